The third-order valence-corrected chi connectivity index (χ3v) is 7.04. The molecule has 0 bridgehead atoms. The summed E-state index contributed by atoms with van der Waals surface area (Å²) in [6.07, 6.45) is 4.33. The number of benzene rings is 2. The van der Waals surface area contributed by atoms with Gasteiger partial charge in [-0.2, -0.15) is 5.10 Å². The van der Waals surface area contributed by atoms with Crippen molar-refractivity contribution < 1.29 is 22.7 Å². The van der Waals surface area contributed by atoms with Gasteiger partial charge in [-0.25, -0.2) is 27.6 Å². The maximum Gasteiger partial charge on any atom is 0.333 e. The van der Waals surface area contributed by atoms with E-state index in [1.807, 2.05) is 0 Å². The first-order valence-corrected chi connectivity index (χ1v) is 12.8. The third kappa shape index (κ3) is 4.80. The number of aromatic nitrogens is 5. The molecule has 2 aromatic carbocycles. The van der Waals surface area contributed by atoms with Crippen LogP contribution in [0.5, 0.6) is 11.6 Å². The number of pyridine rings is 1. The number of rotatable bonds is 6. The number of hydrogen-bond acceptors (Lipinski definition) is 7. The molecule has 0 aliphatic heterocycles. The van der Waals surface area contributed by atoms with Crippen LogP contribution < -0.4 is 21.7 Å². The number of H-pyrrole nitrogens is 1. The topological polar surface area (TPSA) is 138 Å². The van der Waals surface area contributed by atoms with Crippen molar-refractivity contribution in [2.45, 2.75) is 20.3 Å². The van der Waals surface area contributed by atoms with Crippen molar-refractivity contribution in [3.8, 4) is 23.0 Å². The van der Waals surface area contributed by atoms with Crippen LogP contribution in [0.1, 0.15) is 32.7 Å². The second-order valence-corrected chi connectivity index (χ2v) is 9.91. The van der Waals surface area contributed by atoms with Crippen molar-refractivity contribution in [1.29, 1.82) is 0 Å². The molecule has 3 N–H and O–H groups in total. The quantitative estimate of drug-likeness (QED) is 0.283. The fourth-order valence-electron chi connectivity index (χ4n) is 4.96. The van der Waals surface area contributed by atoms with Gasteiger partial charge in [-0.1, -0.05) is 6.07 Å². The molecule has 0 saturated carbocycles. The number of halogens is 3. The van der Waals surface area contributed by atoms with Crippen molar-refractivity contribution in [2.75, 3.05) is 5.73 Å². The largest absolute Gasteiger partial charge is 0.433 e. The lowest BCUT2D eigenvalue weighted by Crippen LogP contribution is -2.30. The van der Waals surface area contributed by atoms with Crippen molar-refractivity contribution >= 4 is 17.7 Å². The van der Waals surface area contributed by atoms with Gasteiger partial charge in [0, 0.05) is 29.8 Å². The van der Waals surface area contributed by atoms with Crippen LogP contribution in [0.15, 0.2) is 70.0 Å². The predicted molar refractivity (Wildman–Crippen MR) is 150 cm³/mol. The monoisotopic (exact) mass is 586 g/mol. The number of para-hydroxylation sites is 1. The number of ketones is 1. The van der Waals surface area contributed by atoms with Crippen LogP contribution >= 0.6 is 0 Å². The molecule has 0 saturated heterocycles. The van der Waals surface area contributed by atoms with Gasteiger partial charge in [0.15, 0.2) is 17.4 Å². The summed E-state index contributed by atoms with van der Waals surface area (Å²) in [6.45, 7) is 3.19. The van der Waals surface area contributed by atoms with Gasteiger partial charge in [0.25, 0.3) is 5.56 Å². The van der Waals surface area contributed by atoms with Gasteiger partial charge in [-0.05, 0) is 60.9 Å². The molecule has 1 aliphatic carbocycles. The zero-order valence-electron chi connectivity index (χ0n) is 22.6. The molecule has 6 rings (SSSR count). The Morgan fingerprint density at radius 2 is 1.74 bits per heavy atom. The maximum absolute atomic E-state index is 15.1. The Balaban J connectivity index is 1.26. The summed E-state index contributed by atoms with van der Waals surface area (Å²) in [5, 5.41) is 4.24. The second kappa shape index (κ2) is 10.3. The Morgan fingerprint density at radius 1 is 1.00 bits per heavy atom. The molecule has 0 radical (unpaired) electrons. The molecule has 216 valence electrons. The minimum absolute atomic E-state index is 0.0165. The molecular weight excluding hydrogens is 565 g/mol. The zero-order valence-corrected chi connectivity index (χ0v) is 22.6. The molecule has 5 aromatic rings. The van der Waals surface area contributed by atoms with Crippen LogP contribution in [0, 0.1) is 31.3 Å². The van der Waals surface area contributed by atoms with Gasteiger partial charge in [0.05, 0.1) is 29.3 Å². The first-order chi connectivity index (χ1) is 20.5. The Morgan fingerprint density at radius 3 is 2.44 bits per heavy atom. The van der Waals surface area contributed by atoms with Crippen LogP contribution in [0.25, 0.3) is 17.5 Å². The Labute approximate surface area is 240 Å². The van der Waals surface area contributed by atoms with E-state index < -0.39 is 40.2 Å². The highest BCUT2D eigenvalue weighted by Gasteiger charge is 2.26. The number of nitrogens with zero attached hydrogens (tertiary/aromatic N) is 4. The lowest BCUT2D eigenvalue weighted by molar-refractivity contribution is 0.103. The Kier molecular flexibility index (Phi) is 6.56. The summed E-state index contributed by atoms with van der Waals surface area (Å²) < 4.78 is 50.7. The third-order valence-electron chi connectivity index (χ3n) is 7.04. The fraction of sp³-hybridized carbons (Fsp3) is 0.100. The average molecular weight is 587 g/mol. The van der Waals surface area contributed by atoms with Crippen molar-refractivity contribution in [3.63, 3.8) is 0 Å². The zero-order chi connectivity index (χ0) is 30.6. The van der Waals surface area contributed by atoms with Crippen molar-refractivity contribution in [2.24, 2.45) is 0 Å². The number of carbonyl (C=O) groups is 1. The molecule has 1 aliphatic rings. The van der Waals surface area contributed by atoms with E-state index in [1.165, 1.54) is 54.3 Å². The molecule has 10 nitrogen and oxygen atoms in total. The fourth-order valence-corrected chi connectivity index (χ4v) is 4.96. The molecule has 13 heteroatoms. The summed E-state index contributed by atoms with van der Waals surface area (Å²) in [7, 11) is 0. The number of anilines is 1. The first kappa shape index (κ1) is 27.4. The van der Waals surface area contributed by atoms with E-state index in [-0.39, 0.29) is 35.1 Å². The number of fused-ring (bicyclic) bond motifs is 1. The van der Waals surface area contributed by atoms with E-state index in [4.69, 9.17) is 10.5 Å². The number of hydrogen-bond donors (Lipinski definition) is 2. The molecule has 0 spiro atoms. The van der Waals surface area contributed by atoms with Gasteiger partial charge < -0.3 is 10.5 Å². The molecule has 0 fully saturated rings. The maximum atomic E-state index is 15.1. The van der Waals surface area contributed by atoms with Crippen LogP contribution in [0.4, 0.5) is 19.0 Å². The number of nitrogen functional groups attached to an aromatic ring is 1. The lowest BCUT2D eigenvalue weighted by Gasteiger charge is -2.12. The Hall–Kier alpha value is -5.72. The van der Waals surface area contributed by atoms with Gasteiger partial charge in [-0.3, -0.25) is 19.1 Å². The number of nitrogens with two attached hydrogens (primary N) is 1. The van der Waals surface area contributed by atoms with E-state index >= 15 is 4.39 Å². The summed E-state index contributed by atoms with van der Waals surface area (Å²) in [5.41, 5.74) is 7.56. The summed E-state index contributed by atoms with van der Waals surface area (Å²) in [4.78, 5) is 43.7. The molecule has 3 heterocycles. The van der Waals surface area contributed by atoms with Crippen LogP contribution in [0.2, 0.25) is 0 Å². The number of ether oxygens (including phenoxy) is 1. The van der Waals surface area contributed by atoms with Gasteiger partial charge >= 0.3 is 5.69 Å². The molecule has 0 amide bonds. The van der Waals surface area contributed by atoms with Crippen LogP contribution in [0.3, 0.4) is 0 Å². The highest BCUT2D eigenvalue weighted by Crippen LogP contribution is 2.33. The summed E-state index contributed by atoms with van der Waals surface area (Å²) in [5.74, 6) is -3.54. The molecule has 0 unspecified atom stereocenters. The first-order valence-electron chi connectivity index (χ1n) is 12.8. The SMILES string of the molecule is Cc1cc(Oc2c(F)cccc2F)ncc1-n1ncc(C(=O)C2=Cc3cc(F)c(-n4c(C)cc(=O)[nH]c4=O)cc3C2)c1N. The highest BCUT2D eigenvalue weighted by molar-refractivity contribution is 6.15. The van der Waals surface area contributed by atoms with Gasteiger partial charge in [0.2, 0.25) is 11.6 Å². The van der Waals surface area contributed by atoms with E-state index in [9.17, 15) is 23.2 Å². The van der Waals surface area contributed by atoms with E-state index in [0.29, 0.717) is 28.0 Å². The molecular formula is C30H21F3N6O4. The average Bonchev–Trinajstić information content (AvgIpc) is 3.53. The number of Topliss-reactive ketones (excluding diaryl/α,β-unsaturated/α-hetero) is 1. The number of nitrogens with one attached hydrogen (secondary N) is 1. The number of allylic oxidation sites excluding steroid dienone is 1. The normalized spacial score (nSPS) is 12.3. The minimum Gasteiger partial charge on any atom is -0.433 e. The van der Waals surface area contributed by atoms with E-state index in [1.54, 1.807) is 13.0 Å². The minimum atomic E-state index is -0.884. The molecule has 43 heavy (non-hydrogen) atoms. The number of aromatic amines is 1. The molecule has 0 atom stereocenters. The van der Waals surface area contributed by atoms with E-state index in [2.05, 4.69) is 15.1 Å². The van der Waals surface area contributed by atoms with Gasteiger partial charge in [-0.15, -0.1) is 0 Å². The van der Waals surface area contributed by atoms with Crippen LogP contribution in [-0.2, 0) is 6.42 Å². The molecule has 3 aromatic heterocycles. The van der Waals surface area contributed by atoms with E-state index in [0.717, 1.165) is 16.7 Å². The Bertz CT molecular complexity index is 2110. The standard InChI is InChI=1S/C30H21F3N6O4/c1-14-6-26(43-28-20(31)4-3-5-21(28)32)35-13-24(14)39-29(34)19(12-36-39)27(41)18-8-16-10-22(33)23(11-17(16)9-18)38-15(2)7-25(40)37-30(38)42/h3-8,10-13H,9,34H2,1-2H3,(H,37,40,42). The lowest BCUT2D eigenvalue weighted by atomic mass is 10.0. The van der Waals surface area contributed by atoms with Crippen molar-refractivity contribution in [3.05, 3.63) is 127 Å². The van der Waals surface area contributed by atoms with Crippen molar-refractivity contribution in [1.82, 2.24) is 24.3 Å². The van der Waals surface area contributed by atoms with Crippen LogP contribution in [-0.4, -0.2) is 30.1 Å². The number of aryl methyl sites for hydroxylation is 2. The highest BCUT2D eigenvalue weighted by atomic mass is 19.1. The van der Waals surface area contributed by atoms with Gasteiger partial charge in [0.1, 0.15) is 11.6 Å². The predicted octanol–water partition coefficient (Wildman–Crippen LogP) is 4.34. The smallest absolute Gasteiger partial charge is 0.333 e. The summed E-state index contributed by atoms with van der Waals surface area (Å²) >= 11 is 0. The number of carbonyl (C=O) groups excluding carboxylic acids is 1. The second-order valence-electron chi connectivity index (χ2n) is 9.91. The summed E-state index contributed by atoms with van der Waals surface area (Å²) in [6, 6.07) is 8.65.